The van der Waals surface area contributed by atoms with Crippen molar-refractivity contribution in [2.75, 3.05) is 19.8 Å². The van der Waals surface area contributed by atoms with Gasteiger partial charge in [-0.05, 0) is 25.3 Å². The molecule has 1 N–H and O–H groups in total. The van der Waals surface area contributed by atoms with Gasteiger partial charge in [0.05, 0.1) is 12.7 Å². The summed E-state index contributed by atoms with van der Waals surface area (Å²) in [7, 11) is 0. The zero-order valence-electron chi connectivity index (χ0n) is 8.47. The molecule has 0 saturated carbocycles. The molecule has 3 heteroatoms. The number of nitriles is 1. The SMILES string of the molecule is CC(C)CNC1(C#N)CCCOC1. The first-order valence-corrected chi connectivity index (χ1v) is 4.92. The molecule has 1 heterocycles. The Kier molecular flexibility index (Phi) is 3.71. The predicted octanol–water partition coefficient (Wildman–Crippen LogP) is 1.30. The standard InChI is InChI=1S/C10H18N2O/c1-9(2)6-12-10(7-11)4-3-5-13-8-10/h9,12H,3-6,8H2,1-2H3. The van der Waals surface area contributed by atoms with E-state index in [-0.39, 0.29) is 0 Å². The molecule has 0 bridgehead atoms. The number of hydrogen-bond acceptors (Lipinski definition) is 3. The number of nitrogens with one attached hydrogen (secondary N) is 1. The predicted molar refractivity (Wildman–Crippen MR) is 51.2 cm³/mol. The largest absolute Gasteiger partial charge is 0.378 e. The van der Waals surface area contributed by atoms with Crippen molar-refractivity contribution in [3.05, 3.63) is 0 Å². The summed E-state index contributed by atoms with van der Waals surface area (Å²) in [4.78, 5) is 0. The Morgan fingerprint density at radius 2 is 2.38 bits per heavy atom. The maximum Gasteiger partial charge on any atom is 0.130 e. The number of ether oxygens (including phenoxy) is 1. The van der Waals surface area contributed by atoms with Gasteiger partial charge in [0, 0.05) is 6.61 Å². The third-order valence-electron chi connectivity index (χ3n) is 2.30. The Bertz CT molecular complexity index is 190. The maximum atomic E-state index is 9.06. The molecule has 1 atom stereocenters. The van der Waals surface area contributed by atoms with Crippen LogP contribution in [0, 0.1) is 17.2 Å². The highest BCUT2D eigenvalue weighted by Crippen LogP contribution is 2.18. The normalized spacial score (nSPS) is 28.8. The second kappa shape index (κ2) is 4.59. The van der Waals surface area contributed by atoms with Crippen molar-refractivity contribution in [1.82, 2.24) is 5.32 Å². The molecule has 1 aliphatic heterocycles. The minimum Gasteiger partial charge on any atom is -0.378 e. The molecule has 0 aromatic heterocycles. The summed E-state index contributed by atoms with van der Waals surface area (Å²) in [6.07, 6.45) is 1.90. The lowest BCUT2D eigenvalue weighted by molar-refractivity contribution is 0.0432. The Labute approximate surface area is 80.1 Å². The lowest BCUT2D eigenvalue weighted by Crippen LogP contribution is -2.51. The van der Waals surface area contributed by atoms with E-state index in [0.717, 1.165) is 26.0 Å². The molecule has 0 radical (unpaired) electrons. The van der Waals surface area contributed by atoms with Crippen LogP contribution in [0.25, 0.3) is 0 Å². The van der Waals surface area contributed by atoms with Gasteiger partial charge in [-0.25, -0.2) is 0 Å². The van der Waals surface area contributed by atoms with Crippen LogP contribution >= 0.6 is 0 Å². The van der Waals surface area contributed by atoms with E-state index in [0.29, 0.717) is 12.5 Å². The zero-order valence-corrected chi connectivity index (χ0v) is 8.47. The molecule has 0 aromatic rings. The third kappa shape index (κ3) is 2.98. The molecule has 0 aliphatic carbocycles. The van der Waals surface area contributed by atoms with Crippen molar-refractivity contribution < 1.29 is 4.74 Å². The van der Waals surface area contributed by atoms with Crippen LogP contribution in [0.15, 0.2) is 0 Å². The Morgan fingerprint density at radius 1 is 1.62 bits per heavy atom. The summed E-state index contributed by atoms with van der Waals surface area (Å²) in [5.74, 6) is 0.576. The summed E-state index contributed by atoms with van der Waals surface area (Å²) in [6, 6.07) is 2.34. The second-order valence-electron chi connectivity index (χ2n) is 4.12. The molecular formula is C10H18N2O. The van der Waals surface area contributed by atoms with E-state index in [1.807, 2.05) is 0 Å². The summed E-state index contributed by atoms with van der Waals surface area (Å²) in [5.41, 5.74) is -0.414. The molecule has 1 rings (SSSR count). The van der Waals surface area contributed by atoms with Crippen LogP contribution in [-0.4, -0.2) is 25.3 Å². The van der Waals surface area contributed by atoms with Crippen molar-refractivity contribution in [3.8, 4) is 6.07 Å². The van der Waals surface area contributed by atoms with E-state index in [1.165, 1.54) is 0 Å². The van der Waals surface area contributed by atoms with Gasteiger partial charge < -0.3 is 4.74 Å². The van der Waals surface area contributed by atoms with Crippen LogP contribution in [0.3, 0.4) is 0 Å². The summed E-state index contributed by atoms with van der Waals surface area (Å²) in [5, 5.41) is 12.4. The summed E-state index contributed by atoms with van der Waals surface area (Å²) >= 11 is 0. The van der Waals surface area contributed by atoms with E-state index in [9.17, 15) is 0 Å². The fourth-order valence-corrected chi connectivity index (χ4v) is 1.46. The van der Waals surface area contributed by atoms with Gasteiger partial charge in [0.15, 0.2) is 0 Å². The molecule has 1 unspecified atom stereocenters. The summed E-state index contributed by atoms with van der Waals surface area (Å²) in [6.45, 7) is 6.50. The van der Waals surface area contributed by atoms with Gasteiger partial charge in [0.25, 0.3) is 0 Å². The quantitative estimate of drug-likeness (QED) is 0.715. The second-order valence-corrected chi connectivity index (χ2v) is 4.12. The highest BCUT2D eigenvalue weighted by atomic mass is 16.5. The minimum absolute atomic E-state index is 0.414. The molecule has 1 aliphatic rings. The van der Waals surface area contributed by atoms with Crippen molar-refractivity contribution in [1.29, 1.82) is 5.26 Å². The van der Waals surface area contributed by atoms with E-state index in [2.05, 4.69) is 25.2 Å². The van der Waals surface area contributed by atoms with Gasteiger partial charge >= 0.3 is 0 Å². The van der Waals surface area contributed by atoms with Gasteiger partial charge in [-0.3, -0.25) is 5.32 Å². The zero-order chi connectivity index (χ0) is 9.73. The van der Waals surface area contributed by atoms with Crippen LogP contribution in [0.2, 0.25) is 0 Å². The highest BCUT2D eigenvalue weighted by molar-refractivity contribution is 5.08. The van der Waals surface area contributed by atoms with Gasteiger partial charge in [0.2, 0.25) is 0 Å². The fraction of sp³-hybridized carbons (Fsp3) is 0.900. The van der Waals surface area contributed by atoms with E-state index in [1.54, 1.807) is 0 Å². The van der Waals surface area contributed by atoms with Crippen molar-refractivity contribution in [3.63, 3.8) is 0 Å². The molecule has 0 spiro atoms. The monoisotopic (exact) mass is 182 g/mol. The Balaban J connectivity index is 2.44. The molecule has 1 fully saturated rings. The number of rotatable bonds is 3. The van der Waals surface area contributed by atoms with Crippen LogP contribution < -0.4 is 5.32 Å². The first kappa shape index (κ1) is 10.5. The third-order valence-corrected chi connectivity index (χ3v) is 2.30. The number of nitrogens with zero attached hydrogens (tertiary/aromatic N) is 1. The smallest absolute Gasteiger partial charge is 0.130 e. The summed E-state index contributed by atoms with van der Waals surface area (Å²) < 4.78 is 5.32. The Morgan fingerprint density at radius 3 is 2.85 bits per heavy atom. The highest BCUT2D eigenvalue weighted by Gasteiger charge is 2.32. The number of hydrogen-bond donors (Lipinski definition) is 1. The lowest BCUT2D eigenvalue weighted by Gasteiger charge is -2.32. The Hall–Kier alpha value is -0.590. The van der Waals surface area contributed by atoms with Crippen LogP contribution in [-0.2, 0) is 4.74 Å². The molecule has 0 aromatic carbocycles. The molecular weight excluding hydrogens is 164 g/mol. The maximum absolute atomic E-state index is 9.06. The van der Waals surface area contributed by atoms with E-state index in [4.69, 9.17) is 10.00 Å². The molecule has 3 nitrogen and oxygen atoms in total. The van der Waals surface area contributed by atoms with Crippen molar-refractivity contribution >= 4 is 0 Å². The van der Waals surface area contributed by atoms with Crippen LogP contribution in [0.5, 0.6) is 0 Å². The first-order chi connectivity index (χ1) is 6.18. The van der Waals surface area contributed by atoms with Gasteiger partial charge in [-0.1, -0.05) is 13.8 Å². The minimum atomic E-state index is -0.414. The van der Waals surface area contributed by atoms with Crippen molar-refractivity contribution in [2.45, 2.75) is 32.2 Å². The molecule has 0 amide bonds. The van der Waals surface area contributed by atoms with Crippen LogP contribution in [0.4, 0.5) is 0 Å². The molecule has 1 saturated heterocycles. The first-order valence-electron chi connectivity index (χ1n) is 4.92. The van der Waals surface area contributed by atoms with Gasteiger partial charge in [-0.2, -0.15) is 5.26 Å². The van der Waals surface area contributed by atoms with E-state index < -0.39 is 5.54 Å². The average Bonchev–Trinajstić information content (AvgIpc) is 2.16. The molecule has 13 heavy (non-hydrogen) atoms. The van der Waals surface area contributed by atoms with Gasteiger partial charge in [-0.15, -0.1) is 0 Å². The van der Waals surface area contributed by atoms with Crippen LogP contribution in [0.1, 0.15) is 26.7 Å². The van der Waals surface area contributed by atoms with E-state index >= 15 is 0 Å². The average molecular weight is 182 g/mol. The fourth-order valence-electron chi connectivity index (χ4n) is 1.46. The van der Waals surface area contributed by atoms with Gasteiger partial charge in [0.1, 0.15) is 5.54 Å². The lowest BCUT2D eigenvalue weighted by atomic mass is 9.93. The topological polar surface area (TPSA) is 45.0 Å². The molecule has 74 valence electrons. The van der Waals surface area contributed by atoms with Crippen molar-refractivity contribution in [2.24, 2.45) is 5.92 Å².